The summed E-state index contributed by atoms with van der Waals surface area (Å²) in [6.45, 7) is 8.32. The van der Waals surface area contributed by atoms with Crippen molar-refractivity contribution in [1.29, 1.82) is 0 Å². The van der Waals surface area contributed by atoms with E-state index in [1.807, 2.05) is 0 Å². The Hall–Kier alpha value is -0.380. The van der Waals surface area contributed by atoms with Crippen LogP contribution in [0.1, 0.15) is 51.1 Å². The highest BCUT2D eigenvalue weighted by Gasteiger charge is 2.19. The zero-order chi connectivity index (χ0) is 14.4. The lowest BCUT2D eigenvalue weighted by Crippen LogP contribution is -2.33. The lowest BCUT2D eigenvalue weighted by molar-refractivity contribution is 0.281. The molecule has 0 bridgehead atoms. The summed E-state index contributed by atoms with van der Waals surface area (Å²) in [4.78, 5) is 2.62. The minimum Gasteiger partial charge on any atom is -0.307 e. The fourth-order valence-corrected chi connectivity index (χ4v) is 3.76. The molecule has 1 aromatic carbocycles. The Morgan fingerprint density at radius 2 is 2.10 bits per heavy atom. The molecule has 1 heterocycles. The van der Waals surface area contributed by atoms with Crippen molar-refractivity contribution >= 4 is 15.9 Å². The van der Waals surface area contributed by atoms with E-state index in [4.69, 9.17) is 0 Å². The van der Waals surface area contributed by atoms with Gasteiger partial charge in [0.05, 0.1) is 0 Å². The maximum absolute atomic E-state index is 3.82. The number of nitrogens with zero attached hydrogens (tertiary/aromatic N) is 1. The summed E-state index contributed by atoms with van der Waals surface area (Å²) in [6.07, 6.45) is 5.16. The van der Waals surface area contributed by atoms with Crippen LogP contribution in [0.2, 0.25) is 0 Å². The van der Waals surface area contributed by atoms with Crippen LogP contribution in [0.15, 0.2) is 28.7 Å². The molecule has 20 heavy (non-hydrogen) atoms. The molecule has 0 radical (unpaired) electrons. The van der Waals surface area contributed by atoms with Crippen LogP contribution in [-0.2, 0) is 0 Å². The van der Waals surface area contributed by atoms with E-state index in [9.17, 15) is 0 Å². The minimum absolute atomic E-state index is 0.410. The van der Waals surface area contributed by atoms with Gasteiger partial charge in [-0.15, -0.1) is 0 Å². The van der Waals surface area contributed by atoms with E-state index >= 15 is 0 Å². The number of nitrogens with one attached hydrogen (secondary N) is 1. The Balaban J connectivity index is 1.88. The lowest BCUT2D eigenvalue weighted by Gasteiger charge is -2.23. The van der Waals surface area contributed by atoms with Gasteiger partial charge in [0.1, 0.15) is 0 Å². The summed E-state index contributed by atoms with van der Waals surface area (Å²) < 4.78 is 1.21. The molecule has 0 spiro atoms. The average molecular weight is 339 g/mol. The molecule has 0 aromatic heterocycles. The molecule has 1 aliphatic heterocycles. The molecule has 1 aliphatic rings. The Morgan fingerprint density at radius 1 is 1.30 bits per heavy atom. The fraction of sp³-hybridized carbons (Fsp3) is 0.647. The maximum Gasteiger partial charge on any atom is 0.0305 e. The van der Waals surface area contributed by atoms with Gasteiger partial charge in [-0.05, 0) is 63.9 Å². The molecular formula is C17H27BrN2. The van der Waals surface area contributed by atoms with Crippen molar-refractivity contribution in [2.75, 3.05) is 19.6 Å². The summed E-state index contributed by atoms with van der Waals surface area (Å²) in [7, 11) is 0. The number of hydrogen-bond acceptors (Lipinski definition) is 2. The second-order valence-corrected chi connectivity index (χ2v) is 6.73. The second kappa shape index (κ2) is 8.16. The number of rotatable bonds is 5. The van der Waals surface area contributed by atoms with Crippen LogP contribution < -0.4 is 5.32 Å². The van der Waals surface area contributed by atoms with Gasteiger partial charge in [0.25, 0.3) is 0 Å². The molecule has 3 heteroatoms. The van der Waals surface area contributed by atoms with E-state index in [1.54, 1.807) is 0 Å². The van der Waals surface area contributed by atoms with Gasteiger partial charge in [0.15, 0.2) is 0 Å². The van der Waals surface area contributed by atoms with E-state index in [-0.39, 0.29) is 0 Å². The second-order valence-electron chi connectivity index (χ2n) is 5.88. The Kier molecular flexibility index (Phi) is 6.53. The summed E-state index contributed by atoms with van der Waals surface area (Å²) in [5.74, 6) is 0. The molecule has 1 fully saturated rings. The van der Waals surface area contributed by atoms with Gasteiger partial charge in [-0.2, -0.15) is 0 Å². The first-order valence-electron chi connectivity index (χ1n) is 7.93. The summed E-state index contributed by atoms with van der Waals surface area (Å²) in [5, 5.41) is 3.82. The van der Waals surface area contributed by atoms with Crippen LogP contribution in [-0.4, -0.2) is 30.6 Å². The van der Waals surface area contributed by atoms with Crippen molar-refractivity contribution in [3.05, 3.63) is 34.3 Å². The predicted octanol–water partition coefficient (Wildman–Crippen LogP) is 4.36. The molecule has 2 unspecified atom stereocenters. The smallest absolute Gasteiger partial charge is 0.0305 e. The number of hydrogen-bond donors (Lipinski definition) is 1. The molecule has 2 rings (SSSR count). The van der Waals surface area contributed by atoms with Crippen LogP contribution >= 0.6 is 15.9 Å². The SMILES string of the molecule is CCCN1CCCC(NC(C)c2ccccc2Br)CC1. The monoisotopic (exact) mass is 338 g/mol. The van der Waals surface area contributed by atoms with Crippen molar-refractivity contribution < 1.29 is 0 Å². The van der Waals surface area contributed by atoms with Gasteiger partial charge < -0.3 is 10.2 Å². The van der Waals surface area contributed by atoms with Gasteiger partial charge in [0.2, 0.25) is 0 Å². The van der Waals surface area contributed by atoms with Crippen LogP contribution in [0.3, 0.4) is 0 Å². The topological polar surface area (TPSA) is 15.3 Å². The standard InChI is InChI=1S/C17H27BrN2/c1-3-11-20-12-6-7-15(10-13-20)19-14(2)16-8-4-5-9-17(16)18/h4-5,8-9,14-15,19H,3,6-7,10-13H2,1-2H3. The van der Waals surface area contributed by atoms with Crippen molar-refractivity contribution in [3.8, 4) is 0 Å². The molecule has 0 aliphatic carbocycles. The van der Waals surface area contributed by atoms with Gasteiger partial charge >= 0.3 is 0 Å². The molecule has 2 nitrogen and oxygen atoms in total. The van der Waals surface area contributed by atoms with Gasteiger partial charge in [-0.1, -0.05) is 41.1 Å². The zero-order valence-corrected chi connectivity index (χ0v) is 14.3. The Morgan fingerprint density at radius 3 is 2.85 bits per heavy atom. The first-order chi connectivity index (χ1) is 9.70. The van der Waals surface area contributed by atoms with Crippen molar-refractivity contribution in [3.63, 3.8) is 0 Å². The minimum atomic E-state index is 0.410. The molecule has 1 N–H and O–H groups in total. The lowest BCUT2D eigenvalue weighted by atomic mass is 10.0. The fourth-order valence-electron chi connectivity index (χ4n) is 3.13. The van der Waals surface area contributed by atoms with E-state index < -0.39 is 0 Å². The van der Waals surface area contributed by atoms with Gasteiger partial charge in [-0.25, -0.2) is 0 Å². The van der Waals surface area contributed by atoms with Crippen molar-refractivity contribution in [2.24, 2.45) is 0 Å². The molecule has 1 aromatic rings. The molecule has 112 valence electrons. The Labute approximate surface area is 132 Å². The third-order valence-corrected chi connectivity index (χ3v) is 4.94. The molecule has 2 atom stereocenters. The highest BCUT2D eigenvalue weighted by molar-refractivity contribution is 9.10. The summed E-state index contributed by atoms with van der Waals surface area (Å²) >= 11 is 3.66. The number of halogens is 1. The first kappa shape index (κ1) is 16.0. The number of likely N-dealkylation sites (tertiary alicyclic amines) is 1. The first-order valence-corrected chi connectivity index (χ1v) is 8.72. The summed E-state index contributed by atoms with van der Waals surface area (Å²) in [5.41, 5.74) is 1.36. The van der Waals surface area contributed by atoms with Gasteiger partial charge in [0, 0.05) is 16.6 Å². The molecular weight excluding hydrogens is 312 g/mol. The van der Waals surface area contributed by atoms with E-state index in [0.717, 1.165) is 0 Å². The predicted molar refractivity (Wildman–Crippen MR) is 90.1 cm³/mol. The van der Waals surface area contributed by atoms with E-state index in [1.165, 1.54) is 55.4 Å². The third kappa shape index (κ3) is 4.57. The largest absolute Gasteiger partial charge is 0.307 e. The molecule has 0 amide bonds. The van der Waals surface area contributed by atoms with Crippen molar-refractivity contribution in [2.45, 2.75) is 51.6 Å². The summed E-state index contributed by atoms with van der Waals surface area (Å²) in [6, 6.07) is 9.60. The molecule has 1 saturated heterocycles. The normalized spacial score (nSPS) is 22.4. The van der Waals surface area contributed by atoms with Crippen LogP contribution in [0, 0.1) is 0 Å². The highest BCUT2D eigenvalue weighted by atomic mass is 79.9. The third-order valence-electron chi connectivity index (χ3n) is 4.22. The van der Waals surface area contributed by atoms with Gasteiger partial charge in [-0.3, -0.25) is 0 Å². The zero-order valence-electron chi connectivity index (χ0n) is 12.7. The molecule has 0 saturated carbocycles. The van der Waals surface area contributed by atoms with Crippen LogP contribution in [0.4, 0.5) is 0 Å². The van der Waals surface area contributed by atoms with Crippen LogP contribution in [0.25, 0.3) is 0 Å². The van der Waals surface area contributed by atoms with E-state index in [2.05, 4.69) is 64.3 Å². The number of benzene rings is 1. The highest BCUT2D eigenvalue weighted by Crippen LogP contribution is 2.24. The Bertz CT molecular complexity index is 408. The quantitative estimate of drug-likeness (QED) is 0.857. The maximum atomic E-state index is 3.82. The average Bonchev–Trinajstić information content (AvgIpc) is 2.65. The van der Waals surface area contributed by atoms with E-state index in [0.29, 0.717) is 12.1 Å². The van der Waals surface area contributed by atoms with Crippen molar-refractivity contribution in [1.82, 2.24) is 10.2 Å². The van der Waals surface area contributed by atoms with Crippen LogP contribution in [0.5, 0.6) is 0 Å².